The number of likely N-dealkylation sites (tertiary alicyclic amines) is 1. The van der Waals surface area contributed by atoms with Gasteiger partial charge in [-0.15, -0.1) is 0 Å². The van der Waals surface area contributed by atoms with E-state index in [9.17, 15) is 4.79 Å². The molecule has 6 heteroatoms. The van der Waals surface area contributed by atoms with Crippen molar-refractivity contribution in [1.29, 1.82) is 5.26 Å². The minimum atomic E-state index is -0.217. The number of piperidine rings is 1. The van der Waals surface area contributed by atoms with E-state index in [0.717, 1.165) is 19.5 Å². The van der Waals surface area contributed by atoms with Crippen LogP contribution in [0.3, 0.4) is 0 Å². The lowest BCUT2D eigenvalue weighted by Gasteiger charge is -2.34. The summed E-state index contributed by atoms with van der Waals surface area (Å²) in [7, 11) is 0. The molecule has 0 aliphatic carbocycles. The number of carbonyl (C=O) groups is 1. The fourth-order valence-electron chi connectivity index (χ4n) is 3.46. The molecular formula is C21H25N3O3. The lowest BCUT2D eigenvalue weighted by atomic mass is 10.0. The number of furan rings is 1. The van der Waals surface area contributed by atoms with Crippen molar-refractivity contribution in [3.8, 4) is 11.8 Å². The molecule has 0 radical (unpaired) electrons. The molecule has 1 amide bonds. The van der Waals surface area contributed by atoms with E-state index in [-0.39, 0.29) is 18.3 Å². The fraction of sp³-hybridized carbons (Fsp3) is 0.429. The third-order valence-corrected chi connectivity index (χ3v) is 4.96. The number of ether oxygens (including phenoxy) is 1. The van der Waals surface area contributed by atoms with Crippen LogP contribution in [0, 0.1) is 11.3 Å². The average Bonchev–Trinajstić information content (AvgIpc) is 3.19. The Hall–Kier alpha value is -2.78. The quantitative estimate of drug-likeness (QED) is 0.812. The van der Waals surface area contributed by atoms with Crippen molar-refractivity contribution < 1.29 is 13.9 Å². The van der Waals surface area contributed by atoms with E-state index in [4.69, 9.17) is 14.4 Å². The molecule has 27 heavy (non-hydrogen) atoms. The molecule has 1 aliphatic rings. The normalized spacial score (nSPS) is 17.3. The summed E-state index contributed by atoms with van der Waals surface area (Å²) in [5.74, 6) is 0.652. The van der Waals surface area contributed by atoms with Gasteiger partial charge >= 0.3 is 0 Å². The van der Waals surface area contributed by atoms with Gasteiger partial charge in [0.2, 0.25) is 0 Å². The fourth-order valence-corrected chi connectivity index (χ4v) is 3.46. The molecule has 0 saturated carbocycles. The number of rotatable bonds is 7. The molecular weight excluding hydrogens is 342 g/mol. The Morgan fingerprint density at radius 2 is 2.30 bits per heavy atom. The Kier molecular flexibility index (Phi) is 6.50. The van der Waals surface area contributed by atoms with Crippen LogP contribution in [-0.4, -0.2) is 36.5 Å². The topological polar surface area (TPSA) is 78.5 Å². The largest absolute Gasteiger partial charge is 0.489 e. The summed E-state index contributed by atoms with van der Waals surface area (Å²) in [6.45, 7) is 5.08. The summed E-state index contributed by atoms with van der Waals surface area (Å²) in [6, 6.07) is 11.1. The predicted molar refractivity (Wildman–Crippen MR) is 101 cm³/mol. The predicted octanol–water partition coefficient (Wildman–Crippen LogP) is 3.33. The molecule has 1 fully saturated rings. The van der Waals surface area contributed by atoms with E-state index in [2.05, 4.69) is 23.2 Å². The molecule has 6 nitrogen and oxygen atoms in total. The zero-order chi connectivity index (χ0) is 19.1. The van der Waals surface area contributed by atoms with Gasteiger partial charge in [0, 0.05) is 18.2 Å². The Balaban J connectivity index is 1.57. The summed E-state index contributed by atoms with van der Waals surface area (Å²) in [6.07, 6.45) is 5.04. The lowest BCUT2D eigenvalue weighted by molar-refractivity contribution is 0.0887. The van der Waals surface area contributed by atoms with Gasteiger partial charge in [-0.2, -0.15) is 5.26 Å². The van der Waals surface area contributed by atoms with Crippen LogP contribution in [0.5, 0.6) is 5.75 Å². The summed E-state index contributed by atoms with van der Waals surface area (Å²) in [4.78, 5) is 15.0. The average molecular weight is 367 g/mol. The van der Waals surface area contributed by atoms with Crippen molar-refractivity contribution in [2.24, 2.45) is 0 Å². The van der Waals surface area contributed by atoms with Crippen molar-refractivity contribution in [2.45, 2.75) is 38.8 Å². The number of benzene rings is 1. The second kappa shape index (κ2) is 9.24. The number of hydrogen-bond donors (Lipinski definition) is 1. The molecule has 1 aromatic heterocycles. The summed E-state index contributed by atoms with van der Waals surface area (Å²) < 4.78 is 11.1. The highest BCUT2D eigenvalue weighted by atomic mass is 16.5. The van der Waals surface area contributed by atoms with Crippen molar-refractivity contribution in [2.75, 3.05) is 19.6 Å². The van der Waals surface area contributed by atoms with Crippen LogP contribution in [0.2, 0.25) is 0 Å². The van der Waals surface area contributed by atoms with Crippen LogP contribution in [0.15, 0.2) is 41.0 Å². The van der Waals surface area contributed by atoms with E-state index < -0.39 is 0 Å². The zero-order valence-corrected chi connectivity index (χ0v) is 15.6. The molecule has 1 aromatic carbocycles. The molecule has 2 heterocycles. The number of likely N-dealkylation sites (N-methyl/N-ethyl adjacent to an activating group) is 1. The molecule has 0 bridgehead atoms. The second-order valence-electron chi connectivity index (χ2n) is 6.69. The maximum atomic E-state index is 12.6. The SMILES string of the molecule is CCN1CCCCC1CNC(=O)c1occc1COc1cccc(C#N)c1. The number of hydrogen-bond acceptors (Lipinski definition) is 5. The first-order valence-electron chi connectivity index (χ1n) is 9.43. The van der Waals surface area contributed by atoms with Crippen molar-refractivity contribution in [1.82, 2.24) is 10.2 Å². The number of nitriles is 1. The van der Waals surface area contributed by atoms with Gasteiger partial charge in [-0.3, -0.25) is 9.69 Å². The molecule has 0 spiro atoms. The van der Waals surface area contributed by atoms with Gasteiger partial charge in [0.15, 0.2) is 5.76 Å². The number of amides is 1. The van der Waals surface area contributed by atoms with E-state index in [1.807, 2.05) is 0 Å². The standard InChI is InChI=1S/C21H25N3O3/c1-2-24-10-4-3-7-18(24)14-23-21(25)20-17(9-11-26-20)15-27-19-8-5-6-16(12-19)13-22/h5-6,8-9,11-12,18H,2-4,7,10,14-15H2,1H3,(H,23,25). The van der Waals surface area contributed by atoms with Crippen LogP contribution >= 0.6 is 0 Å². The van der Waals surface area contributed by atoms with Gasteiger partial charge in [0.05, 0.1) is 17.9 Å². The van der Waals surface area contributed by atoms with Crippen LogP contribution in [0.1, 0.15) is 47.9 Å². The Bertz CT molecular complexity index is 809. The monoisotopic (exact) mass is 367 g/mol. The molecule has 1 atom stereocenters. The number of nitrogens with zero attached hydrogens (tertiary/aromatic N) is 2. The maximum Gasteiger partial charge on any atom is 0.287 e. The van der Waals surface area contributed by atoms with Crippen LogP contribution in [0.4, 0.5) is 0 Å². The number of carbonyl (C=O) groups excluding carboxylic acids is 1. The van der Waals surface area contributed by atoms with Crippen molar-refractivity contribution in [3.05, 3.63) is 53.5 Å². The van der Waals surface area contributed by atoms with Crippen LogP contribution in [-0.2, 0) is 6.61 Å². The van der Waals surface area contributed by atoms with E-state index >= 15 is 0 Å². The molecule has 1 saturated heterocycles. The third kappa shape index (κ3) is 4.89. The molecule has 2 aromatic rings. The summed E-state index contributed by atoms with van der Waals surface area (Å²) >= 11 is 0. The maximum absolute atomic E-state index is 12.6. The van der Waals surface area contributed by atoms with Gasteiger partial charge < -0.3 is 14.5 Å². The summed E-state index contributed by atoms with van der Waals surface area (Å²) in [5, 5.41) is 12.0. The van der Waals surface area contributed by atoms with E-state index in [1.54, 1.807) is 30.3 Å². The highest BCUT2D eigenvalue weighted by Gasteiger charge is 2.23. The lowest BCUT2D eigenvalue weighted by Crippen LogP contribution is -2.46. The van der Waals surface area contributed by atoms with Gasteiger partial charge in [-0.1, -0.05) is 19.4 Å². The van der Waals surface area contributed by atoms with Crippen LogP contribution < -0.4 is 10.1 Å². The minimum absolute atomic E-state index is 0.207. The Labute approximate surface area is 159 Å². The highest BCUT2D eigenvalue weighted by molar-refractivity contribution is 5.92. The van der Waals surface area contributed by atoms with Crippen LogP contribution in [0.25, 0.3) is 0 Å². The minimum Gasteiger partial charge on any atom is -0.489 e. The molecule has 1 N–H and O–H groups in total. The number of nitrogens with one attached hydrogen (secondary N) is 1. The van der Waals surface area contributed by atoms with E-state index in [1.165, 1.54) is 19.1 Å². The van der Waals surface area contributed by atoms with Gasteiger partial charge in [-0.25, -0.2) is 0 Å². The molecule has 3 rings (SSSR count). The first-order chi connectivity index (χ1) is 13.2. The highest BCUT2D eigenvalue weighted by Crippen LogP contribution is 2.18. The molecule has 1 aliphatic heterocycles. The van der Waals surface area contributed by atoms with E-state index in [0.29, 0.717) is 29.5 Å². The zero-order valence-electron chi connectivity index (χ0n) is 15.6. The van der Waals surface area contributed by atoms with Crippen molar-refractivity contribution >= 4 is 5.91 Å². The Morgan fingerprint density at radius 1 is 1.41 bits per heavy atom. The second-order valence-corrected chi connectivity index (χ2v) is 6.69. The molecule has 1 unspecified atom stereocenters. The Morgan fingerprint density at radius 3 is 3.11 bits per heavy atom. The summed E-state index contributed by atoms with van der Waals surface area (Å²) in [5.41, 5.74) is 1.22. The van der Waals surface area contributed by atoms with Gasteiger partial charge in [-0.05, 0) is 50.2 Å². The third-order valence-electron chi connectivity index (χ3n) is 4.96. The van der Waals surface area contributed by atoms with Gasteiger partial charge in [0.25, 0.3) is 5.91 Å². The molecule has 142 valence electrons. The smallest absolute Gasteiger partial charge is 0.287 e. The van der Waals surface area contributed by atoms with Crippen molar-refractivity contribution in [3.63, 3.8) is 0 Å². The van der Waals surface area contributed by atoms with Gasteiger partial charge in [0.1, 0.15) is 12.4 Å². The first-order valence-corrected chi connectivity index (χ1v) is 9.43. The first kappa shape index (κ1) is 19.0.